The minimum Gasteiger partial charge on any atom is -0.455 e. The third-order valence-corrected chi connectivity index (χ3v) is 12.8. The van der Waals surface area contributed by atoms with Crippen molar-refractivity contribution >= 4 is 103 Å². The number of nitrogens with zero attached hydrogens (tertiary/aromatic N) is 1. The van der Waals surface area contributed by atoms with Gasteiger partial charge in [0.25, 0.3) is 0 Å². The van der Waals surface area contributed by atoms with Gasteiger partial charge in [-0.15, -0.1) is 11.3 Å². The van der Waals surface area contributed by atoms with Crippen molar-refractivity contribution in [2.45, 2.75) is 0 Å². The Morgan fingerprint density at radius 3 is 1.75 bits per heavy atom. The highest BCUT2D eigenvalue weighted by Gasteiger charge is 2.18. The lowest BCUT2D eigenvalue weighted by molar-refractivity contribution is 0.673. The second-order valence-electron chi connectivity index (χ2n) is 14.8. The van der Waals surface area contributed by atoms with Crippen LogP contribution in [0.3, 0.4) is 0 Å². The molecule has 266 valence electrons. The van der Waals surface area contributed by atoms with E-state index in [1.807, 2.05) is 11.3 Å². The van der Waals surface area contributed by atoms with E-state index in [0.29, 0.717) is 0 Å². The molecule has 12 aromatic rings. The van der Waals surface area contributed by atoms with Gasteiger partial charge in [-0.3, -0.25) is 0 Å². The van der Waals surface area contributed by atoms with E-state index >= 15 is 0 Å². The number of benzene rings is 10. The van der Waals surface area contributed by atoms with E-state index < -0.39 is 0 Å². The summed E-state index contributed by atoms with van der Waals surface area (Å²) in [6.45, 7) is 0. The Labute approximate surface area is 333 Å². The average molecular weight is 744 g/mol. The van der Waals surface area contributed by atoms with Gasteiger partial charge in [0.1, 0.15) is 11.2 Å². The maximum Gasteiger partial charge on any atom is 0.143 e. The van der Waals surface area contributed by atoms with Crippen molar-refractivity contribution < 1.29 is 4.42 Å². The van der Waals surface area contributed by atoms with Gasteiger partial charge in [-0.25, -0.2) is 0 Å². The molecule has 2 aromatic heterocycles. The van der Waals surface area contributed by atoms with Crippen LogP contribution in [-0.4, -0.2) is 0 Å². The average Bonchev–Trinajstić information content (AvgIpc) is 3.86. The van der Waals surface area contributed by atoms with Gasteiger partial charge in [0, 0.05) is 53.4 Å². The molecule has 57 heavy (non-hydrogen) atoms. The van der Waals surface area contributed by atoms with Crippen molar-refractivity contribution in [2.75, 3.05) is 4.90 Å². The molecule has 0 unspecified atom stereocenters. The molecule has 0 bridgehead atoms. The minimum absolute atomic E-state index is 0.903. The molecule has 10 aromatic carbocycles. The van der Waals surface area contributed by atoms with Gasteiger partial charge >= 0.3 is 0 Å². The van der Waals surface area contributed by atoms with Crippen LogP contribution in [0.2, 0.25) is 0 Å². The molecule has 0 saturated heterocycles. The third kappa shape index (κ3) is 5.10. The molecule has 12 rings (SSSR count). The summed E-state index contributed by atoms with van der Waals surface area (Å²) in [6, 6.07) is 72.8. The maximum atomic E-state index is 6.54. The van der Waals surface area contributed by atoms with Crippen molar-refractivity contribution in [1.82, 2.24) is 0 Å². The molecule has 0 aliphatic carbocycles. The Hall–Kier alpha value is -7.20. The lowest BCUT2D eigenvalue weighted by Crippen LogP contribution is -2.09. The molecule has 2 nitrogen and oxygen atoms in total. The fraction of sp³-hybridized carbons (Fsp3) is 0. The van der Waals surface area contributed by atoms with Crippen molar-refractivity contribution in [2.24, 2.45) is 0 Å². The molecule has 0 atom stereocenters. The Bertz CT molecular complexity index is 3520. The van der Waals surface area contributed by atoms with Crippen LogP contribution in [0.25, 0.3) is 96.7 Å². The number of rotatable bonds is 5. The third-order valence-electron chi connectivity index (χ3n) is 11.6. The summed E-state index contributed by atoms with van der Waals surface area (Å²) in [7, 11) is 0. The quantitative estimate of drug-likeness (QED) is 0.163. The molecule has 0 spiro atoms. The fourth-order valence-corrected chi connectivity index (χ4v) is 10.1. The first-order valence-corrected chi connectivity index (χ1v) is 20.2. The molecule has 0 fully saturated rings. The van der Waals surface area contributed by atoms with Crippen molar-refractivity contribution in [3.63, 3.8) is 0 Å². The van der Waals surface area contributed by atoms with Crippen LogP contribution in [0.15, 0.2) is 205 Å². The molecule has 0 saturated carbocycles. The zero-order valence-corrected chi connectivity index (χ0v) is 31.6. The first kappa shape index (κ1) is 32.1. The standard InChI is InChI=1S/C54H33NOS/c1-4-13-43-34(10-1)24-30-47-53-42(17-9-18-50(53)56-54(43)47)35-20-25-38(26-21-35)55(40-29-31-52-49(33-40)46-16-7-8-19-51(46)57-52)39-27-22-36(23-28-39)48-32-37-11-2-3-12-41(37)44-14-5-6-15-45(44)48/h1-33H. The molecular formula is C54H33NOS. The topological polar surface area (TPSA) is 16.4 Å². The highest BCUT2D eigenvalue weighted by atomic mass is 32.1. The summed E-state index contributed by atoms with van der Waals surface area (Å²) in [5.41, 5.74) is 9.92. The molecular weight excluding hydrogens is 711 g/mol. The maximum absolute atomic E-state index is 6.54. The normalized spacial score (nSPS) is 11.9. The molecule has 0 radical (unpaired) electrons. The van der Waals surface area contributed by atoms with Gasteiger partial charge < -0.3 is 9.32 Å². The smallest absolute Gasteiger partial charge is 0.143 e. The first-order valence-electron chi connectivity index (χ1n) is 19.4. The summed E-state index contributed by atoms with van der Waals surface area (Å²) >= 11 is 1.85. The van der Waals surface area contributed by atoms with E-state index in [9.17, 15) is 0 Å². The summed E-state index contributed by atoms with van der Waals surface area (Å²) in [5.74, 6) is 0. The second-order valence-corrected chi connectivity index (χ2v) is 15.9. The van der Waals surface area contributed by atoms with Crippen molar-refractivity contribution in [1.29, 1.82) is 0 Å². The van der Waals surface area contributed by atoms with Crippen LogP contribution in [0.5, 0.6) is 0 Å². The van der Waals surface area contributed by atoms with Crippen LogP contribution in [0.4, 0.5) is 17.1 Å². The number of anilines is 3. The van der Waals surface area contributed by atoms with Gasteiger partial charge in [0.2, 0.25) is 0 Å². The predicted molar refractivity (Wildman–Crippen MR) is 245 cm³/mol. The monoisotopic (exact) mass is 743 g/mol. The number of hydrogen-bond donors (Lipinski definition) is 0. The summed E-state index contributed by atoms with van der Waals surface area (Å²) in [5, 5.41) is 12.3. The van der Waals surface area contributed by atoms with E-state index in [0.717, 1.165) is 55.5 Å². The lowest BCUT2D eigenvalue weighted by Gasteiger charge is -2.26. The first-order chi connectivity index (χ1) is 28.2. The predicted octanol–water partition coefficient (Wildman–Crippen LogP) is 16.2. The van der Waals surface area contributed by atoms with E-state index in [2.05, 4.69) is 205 Å². The van der Waals surface area contributed by atoms with Crippen LogP contribution in [0, 0.1) is 0 Å². The Balaban J connectivity index is 0.999. The van der Waals surface area contributed by atoms with Gasteiger partial charge in [-0.05, 0) is 116 Å². The van der Waals surface area contributed by atoms with E-state index in [1.165, 1.54) is 58.2 Å². The molecule has 0 N–H and O–H groups in total. The number of thiophene rings is 1. The van der Waals surface area contributed by atoms with E-state index in [-0.39, 0.29) is 0 Å². The van der Waals surface area contributed by atoms with Crippen LogP contribution >= 0.6 is 11.3 Å². The fourth-order valence-electron chi connectivity index (χ4n) is 8.97. The summed E-state index contributed by atoms with van der Waals surface area (Å²) < 4.78 is 9.14. The number of fused-ring (bicyclic) bond motifs is 11. The highest BCUT2D eigenvalue weighted by molar-refractivity contribution is 7.25. The molecule has 0 aliphatic heterocycles. The van der Waals surface area contributed by atoms with Gasteiger partial charge in [-0.1, -0.05) is 133 Å². The largest absolute Gasteiger partial charge is 0.455 e. The molecule has 0 aliphatic rings. The van der Waals surface area contributed by atoms with Crippen LogP contribution in [0.1, 0.15) is 0 Å². The molecule has 3 heteroatoms. The Morgan fingerprint density at radius 2 is 0.965 bits per heavy atom. The molecule has 2 heterocycles. The summed E-state index contributed by atoms with van der Waals surface area (Å²) in [4.78, 5) is 2.39. The van der Waals surface area contributed by atoms with Crippen LogP contribution in [-0.2, 0) is 0 Å². The van der Waals surface area contributed by atoms with Gasteiger partial charge in [0.15, 0.2) is 0 Å². The van der Waals surface area contributed by atoms with Crippen molar-refractivity contribution in [3.8, 4) is 22.3 Å². The van der Waals surface area contributed by atoms with Gasteiger partial charge in [0.05, 0.1) is 0 Å². The minimum atomic E-state index is 0.903. The number of furan rings is 1. The van der Waals surface area contributed by atoms with Gasteiger partial charge in [-0.2, -0.15) is 0 Å². The zero-order chi connectivity index (χ0) is 37.5. The highest BCUT2D eigenvalue weighted by Crippen LogP contribution is 2.44. The lowest BCUT2D eigenvalue weighted by atomic mass is 9.93. The van der Waals surface area contributed by atoms with E-state index in [4.69, 9.17) is 4.42 Å². The SMILES string of the molecule is c1ccc2c(c1)cc(-c1ccc(N(c3ccc(-c4cccc5oc6c7ccccc7ccc6c45)cc3)c3ccc4sc5ccccc5c4c3)cc1)c1ccccc12. The molecule has 0 amide bonds. The Morgan fingerprint density at radius 1 is 0.351 bits per heavy atom. The summed E-state index contributed by atoms with van der Waals surface area (Å²) in [6.07, 6.45) is 0. The number of hydrogen-bond acceptors (Lipinski definition) is 3. The van der Waals surface area contributed by atoms with Crippen LogP contribution < -0.4 is 4.90 Å². The van der Waals surface area contributed by atoms with Crippen molar-refractivity contribution in [3.05, 3.63) is 200 Å². The van der Waals surface area contributed by atoms with E-state index in [1.54, 1.807) is 0 Å². The second kappa shape index (κ2) is 12.7. The Kier molecular flexibility index (Phi) is 7.13. The zero-order valence-electron chi connectivity index (χ0n) is 30.8.